The molecule has 0 bridgehead atoms. The van der Waals surface area contributed by atoms with Gasteiger partial charge in [0.25, 0.3) is 5.56 Å². The molecule has 2 aromatic rings. The van der Waals surface area contributed by atoms with Gasteiger partial charge in [-0.2, -0.15) is 0 Å². The lowest BCUT2D eigenvalue weighted by Crippen LogP contribution is -2.56. The summed E-state index contributed by atoms with van der Waals surface area (Å²) >= 11 is 3.41. The third kappa shape index (κ3) is 3.62. The second-order valence-corrected chi connectivity index (χ2v) is 7.64. The van der Waals surface area contributed by atoms with Crippen LogP contribution in [-0.2, 0) is 11.8 Å². The summed E-state index contributed by atoms with van der Waals surface area (Å²) in [5.74, 6) is 0.661. The minimum Gasteiger partial charge on any atom is -0.378 e. The standard InChI is InChI=1S/C18H22BrN5O2/c1-22-10-13(19)8-16(18(22)25)21-17-3-2-14(9-20-17)23-4-6-24(7-5-23)15-11-26-12-15/h2-3,8-10,15H,4-7,11-12H2,1H3,(H,20,21). The largest absolute Gasteiger partial charge is 0.378 e. The van der Waals surface area contributed by atoms with Gasteiger partial charge in [-0.25, -0.2) is 4.98 Å². The van der Waals surface area contributed by atoms with Crippen LogP contribution in [0.5, 0.6) is 0 Å². The van der Waals surface area contributed by atoms with Gasteiger partial charge in [0, 0.05) is 43.9 Å². The summed E-state index contributed by atoms with van der Waals surface area (Å²) in [6.45, 7) is 5.85. The molecular formula is C18H22BrN5O2. The molecule has 0 saturated carbocycles. The number of halogens is 1. The number of aryl methyl sites for hydroxylation is 1. The molecule has 8 heteroatoms. The first-order valence-corrected chi connectivity index (χ1v) is 9.55. The van der Waals surface area contributed by atoms with E-state index in [1.807, 2.05) is 12.3 Å². The van der Waals surface area contributed by atoms with E-state index in [0.29, 0.717) is 17.5 Å². The first kappa shape index (κ1) is 17.5. The zero-order chi connectivity index (χ0) is 18.1. The molecule has 4 rings (SSSR count). The van der Waals surface area contributed by atoms with Crippen LogP contribution in [0.25, 0.3) is 0 Å². The molecule has 0 aromatic carbocycles. The predicted octanol–water partition coefficient (Wildman–Crippen LogP) is 1.81. The average molecular weight is 420 g/mol. The maximum absolute atomic E-state index is 12.2. The Morgan fingerprint density at radius 2 is 2.00 bits per heavy atom. The molecule has 7 nitrogen and oxygen atoms in total. The summed E-state index contributed by atoms with van der Waals surface area (Å²) in [5, 5.41) is 3.11. The Morgan fingerprint density at radius 1 is 1.23 bits per heavy atom. The zero-order valence-electron chi connectivity index (χ0n) is 14.7. The normalized spacial score (nSPS) is 18.6. The van der Waals surface area contributed by atoms with E-state index in [2.05, 4.69) is 42.1 Å². The fourth-order valence-corrected chi connectivity index (χ4v) is 3.86. The van der Waals surface area contributed by atoms with Gasteiger partial charge in [0.05, 0.1) is 31.1 Å². The van der Waals surface area contributed by atoms with Crippen LogP contribution in [0.2, 0.25) is 0 Å². The van der Waals surface area contributed by atoms with Crippen LogP contribution in [0.15, 0.2) is 39.9 Å². The molecule has 2 aromatic heterocycles. The first-order valence-electron chi connectivity index (χ1n) is 8.76. The highest BCUT2D eigenvalue weighted by Gasteiger charge is 2.28. The van der Waals surface area contributed by atoms with Crippen LogP contribution in [0.4, 0.5) is 17.2 Å². The number of piperazine rings is 1. The number of ether oxygens (including phenoxy) is 1. The van der Waals surface area contributed by atoms with Gasteiger partial charge in [-0.15, -0.1) is 0 Å². The lowest BCUT2D eigenvalue weighted by Gasteiger charge is -2.43. The number of nitrogens with zero attached hydrogens (tertiary/aromatic N) is 4. The third-order valence-corrected chi connectivity index (χ3v) is 5.41. The Hall–Kier alpha value is -1.90. The molecule has 0 aliphatic carbocycles. The molecule has 2 aliphatic heterocycles. The number of rotatable bonds is 4. The topological polar surface area (TPSA) is 62.6 Å². The van der Waals surface area contributed by atoms with Crippen LogP contribution in [0.3, 0.4) is 0 Å². The summed E-state index contributed by atoms with van der Waals surface area (Å²) < 4.78 is 7.66. The Bertz CT molecular complexity index is 826. The molecule has 0 amide bonds. The maximum atomic E-state index is 12.2. The van der Waals surface area contributed by atoms with Crippen molar-refractivity contribution in [3.63, 3.8) is 0 Å². The van der Waals surface area contributed by atoms with Crippen molar-refractivity contribution >= 4 is 33.1 Å². The van der Waals surface area contributed by atoms with E-state index in [1.54, 1.807) is 19.3 Å². The van der Waals surface area contributed by atoms with Gasteiger partial charge in [0.15, 0.2) is 0 Å². The van der Waals surface area contributed by atoms with Crippen LogP contribution >= 0.6 is 15.9 Å². The lowest BCUT2D eigenvalue weighted by atomic mass is 10.2. The van der Waals surface area contributed by atoms with Gasteiger partial charge in [0.2, 0.25) is 0 Å². The number of anilines is 3. The van der Waals surface area contributed by atoms with E-state index in [-0.39, 0.29) is 5.56 Å². The van der Waals surface area contributed by atoms with E-state index in [4.69, 9.17) is 4.74 Å². The van der Waals surface area contributed by atoms with Crippen molar-refractivity contribution in [3.05, 3.63) is 45.4 Å². The highest BCUT2D eigenvalue weighted by atomic mass is 79.9. The second kappa shape index (κ2) is 7.38. The van der Waals surface area contributed by atoms with E-state index in [9.17, 15) is 4.79 Å². The number of hydrogen-bond donors (Lipinski definition) is 1. The molecule has 0 unspecified atom stereocenters. The van der Waals surface area contributed by atoms with Crippen LogP contribution < -0.4 is 15.8 Å². The van der Waals surface area contributed by atoms with E-state index in [0.717, 1.165) is 49.6 Å². The van der Waals surface area contributed by atoms with Crippen LogP contribution in [0.1, 0.15) is 0 Å². The number of hydrogen-bond acceptors (Lipinski definition) is 6. The number of nitrogens with one attached hydrogen (secondary N) is 1. The molecule has 138 valence electrons. The number of pyridine rings is 2. The van der Waals surface area contributed by atoms with Crippen molar-refractivity contribution in [2.45, 2.75) is 6.04 Å². The molecule has 0 radical (unpaired) electrons. The second-order valence-electron chi connectivity index (χ2n) is 6.73. The molecule has 2 fully saturated rings. The first-order chi connectivity index (χ1) is 12.6. The minimum atomic E-state index is -0.0878. The highest BCUT2D eigenvalue weighted by molar-refractivity contribution is 9.10. The van der Waals surface area contributed by atoms with Crippen LogP contribution in [0, 0.1) is 0 Å². The molecule has 1 N–H and O–H groups in total. The molecule has 2 saturated heterocycles. The Kier molecular flexibility index (Phi) is 4.97. The zero-order valence-corrected chi connectivity index (χ0v) is 16.3. The van der Waals surface area contributed by atoms with E-state index < -0.39 is 0 Å². The molecule has 0 atom stereocenters. The third-order valence-electron chi connectivity index (χ3n) is 4.98. The fourth-order valence-electron chi connectivity index (χ4n) is 3.32. The Balaban J connectivity index is 1.40. The predicted molar refractivity (Wildman–Crippen MR) is 105 cm³/mol. The Labute approximate surface area is 160 Å². The maximum Gasteiger partial charge on any atom is 0.274 e. The summed E-state index contributed by atoms with van der Waals surface area (Å²) in [5.41, 5.74) is 1.52. The Morgan fingerprint density at radius 3 is 2.62 bits per heavy atom. The summed E-state index contributed by atoms with van der Waals surface area (Å²) in [4.78, 5) is 21.5. The van der Waals surface area contributed by atoms with Crippen LogP contribution in [-0.4, -0.2) is 59.9 Å². The molecule has 26 heavy (non-hydrogen) atoms. The van der Waals surface area contributed by atoms with E-state index in [1.165, 1.54) is 4.57 Å². The smallest absolute Gasteiger partial charge is 0.274 e. The van der Waals surface area contributed by atoms with Gasteiger partial charge in [-0.05, 0) is 34.1 Å². The molecule has 2 aliphatic rings. The fraction of sp³-hybridized carbons (Fsp3) is 0.444. The van der Waals surface area contributed by atoms with Crippen molar-refractivity contribution < 1.29 is 4.74 Å². The number of aromatic nitrogens is 2. The molecular weight excluding hydrogens is 398 g/mol. The van der Waals surface area contributed by atoms with Gasteiger partial charge in [0.1, 0.15) is 11.5 Å². The van der Waals surface area contributed by atoms with Gasteiger partial charge >= 0.3 is 0 Å². The van der Waals surface area contributed by atoms with Gasteiger partial charge < -0.3 is 19.5 Å². The van der Waals surface area contributed by atoms with Crippen molar-refractivity contribution in [2.24, 2.45) is 7.05 Å². The van der Waals surface area contributed by atoms with Crippen molar-refractivity contribution in [3.8, 4) is 0 Å². The molecule has 0 spiro atoms. The monoisotopic (exact) mass is 419 g/mol. The van der Waals surface area contributed by atoms with Crippen molar-refractivity contribution in [1.82, 2.24) is 14.5 Å². The average Bonchev–Trinajstić information content (AvgIpc) is 2.59. The SMILES string of the molecule is Cn1cc(Br)cc(Nc2ccc(N3CCN(C4COC4)CC3)cn2)c1=O. The highest BCUT2D eigenvalue weighted by Crippen LogP contribution is 2.21. The minimum absolute atomic E-state index is 0.0878. The van der Waals surface area contributed by atoms with E-state index >= 15 is 0 Å². The summed E-state index contributed by atoms with van der Waals surface area (Å²) in [6, 6.07) is 6.35. The molecule has 4 heterocycles. The van der Waals surface area contributed by atoms with Crippen molar-refractivity contribution in [2.75, 3.05) is 49.6 Å². The summed E-state index contributed by atoms with van der Waals surface area (Å²) in [6.07, 6.45) is 3.60. The summed E-state index contributed by atoms with van der Waals surface area (Å²) in [7, 11) is 1.73. The van der Waals surface area contributed by atoms with Crippen molar-refractivity contribution in [1.29, 1.82) is 0 Å². The van der Waals surface area contributed by atoms with Gasteiger partial charge in [-0.1, -0.05) is 0 Å². The quantitative estimate of drug-likeness (QED) is 0.814. The lowest BCUT2D eigenvalue weighted by molar-refractivity contribution is -0.0660. The van der Waals surface area contributed by atoms with Gasteiger partial charge in [-0.3, -0.25) is 9.69 Å².